The molecule has 1 unspecified atom stereocenters. The molecular formula is C14H18N2O2S. The predicted octanol–water partition coefficient (Wildman–Crippen LogP) is 1.81. The van der Waals surface area contributed by atoms with Crippen LogP contribution in [-0.2, 0) is 16.0 Å². The Kier molecular flexibility index (Phi) is 4.58. The summed E-state index contributed by atoms with van der Waals surface area (Å²) in [5.41, 5.74) is 2.01. The molecule has 5 heteroatoms. The van der Waals surface area contributed by atoms with Crippen molar-refractivity contribution in [3.8, 4) is 0 Å². The summed E-state index contributed by atoms with van der Waals surface area (Å²) in [5, 5.41) is 0.204. The molecule has 0 aromatic carbocycles. The van der Waals surface area contributed by atoms with Gasteiger partial charge in [0.25, 0.3) is 0 Å². The van der Waals surface area contributed by atoms with Crippen molar-refractivity contribution in [3.63, 3.8) is 0 Å². The Balaban J connectivity index is 1.86. The summed E-state index contributed by atoms with van der Waals surface area (Å²) in [4.78, 5) is 29.2. The molecule has 1 aliphatic heterocycles. The molecule has 1 aliphatic rings. The van der Waals surface area contributed by atoms with Crippen molar-refractivity contribution < 1.29 is 9.59 Å². The molecule has 1 amide bonds. The van der Waals surface area contributed by atoms with E-state index in [4.69, 9.17) is 0 Å². The Hall–Kier alpha value is -1.36. The average Bonchev–Trinajstić information content (AvgIpc) is 2.66. The fourth-order valence-electron chi connectivity index (χ4n) is 2.25. The standard InChI is InChI=1S/C14H18N2O2S/c1-10-4-3-5-12(15-10)6-7-16-9-13(8-14(16)18)19-11(2)17/h3-5,13H,6-9H2,1-2H3. The monoisotopic (exact) mass is 278 g/mol. The van der Waals surface area contributed by atoms with Gasteiger partial charge in [-0.2, -0.15) is 0 Å². The number of aryl methyl sites for hydroxylation is 1. The van der Waals surface area contributed by atoms with Gasteiger partial charge in [0, 0.05) is 49.5 Å². The predicted molar refractivity (Wildman–Crippen MR) is 75.9 cm³/mol. The molecule has 2 heterocycles. The average molecular weight is 278 g/mol. The van der Waals surface area contributed by atoms with Crippen molar-refractivity contribution in [2.75, 3.05) is 13.1 Å². The van der Waals surface area contributed by atoms with Gasteiger partial charge >= 0.3 is 0 Å². The maximum atomic E-state index is 11.8. The molecule has 0 N–H and O–H groups in total. The van der Waals surface area contributed by atoms with Crippen molar-refractivity contribution in [1.29, 1.82) is 0 Å². The van der Waals surface area contributed by atoms with Crippen LogP contribution in [0.5, 0.6) is 0 Å². The third-order valence-electron chi connectivity index (χ3n) is 3.10. The first-order chi connectivity index (χ1) is 9.04. The molecule has 1 fully saturated rings. The lowest BCUT2D eigenvalue weighted by atomic mass is 10.2. The number of carbonyl (C=O) groups excluding carboxylic acids is 2. The number of hydrogen-bond donors (Lipinski definition) is 0. The molecule has 0 radical (unpaired) electrons. The van der Waals surface area contributed by atoms with E-state index >= 15 is 0 Å². The normalized spacial score (nSPS) is 18.9. The summed E-state index contributed by atoms with van der Waals surface area (Å²) in [6, 6.07) is 5.93. The van der Waals surface area contributed by atoms with E-state index < -0.39 is 0 Å². The first-order valence-electron chi connectivity index (χ1n) is 6.42. The molecule has 4 nitrogen and oxygen atoms in total. The summed E-state index contributed by atoms with van der Waals surface area (Å²) < 4.78 is 0. The second kappa shape index (κ2) is 6.19. The van der Waals surface area contributed by atoms with E-state index in [0.29, 0.717) is 19.5 Å². The van der Waals surface area contributed by atoms with E-state index in [1.807, 2.05) is 30.0 Å². The number of amides is 1. The Morgan fingerprint density at radius 2 is 2.32 bits per heavy atom. The van der Waals surface area contributed by atoms with E-state index in [2.05, 4.69) is 4.98 Å². The van der Waals surface area contributed by atoms with Crippen molar-refractivity contribution in [3.05, 3.63) is 29.6 Å². The van der Waals surface area contributed by atoms with E-state index in [-0.39, 0.29) is 16.3 Å². The highest BCUT2D eigenvalue weighted by atomic mass is 32.2. The summed E-state index contributed by atoms with van der Waals surface area (Å²) in [6.07, 6.45) is 1.25. The highest BCUT2D eigenvalue weighted by molar-refractivity contribution is 8.14. The molecular weight excluding hydrogens is 260 g/mol. The molecule has 1 aromatic heterocycles. The Morgan fingerprint density at radius 1 is 1.53 bits per heavy atom. The van der Waals surface area contributed by atoms with Crippen LogP contribution in [0.15, 0.2) is 18.2 Å². The van der Waals surface area contributed by atoms with Crippen LogP contribution in [0.1, 0.15) is 24.7 Å². The number of aromatic nitrogens is 1. The first-order valence-corrected chi connectivity index (χ1v) is 7.30. The summed E-state index contributed by atoms with van der Waals surface area (Å²) in [7, 11) is 0. The van der Waals surface area contributed by atoms with Crippen molar-refractivity contribution in [2.45, 2.75) is 31.9 Å². The highest BCUT2D eigenvalue weighted by Gasteiger charge is 2.30. The Morgan fingerprint density at radius 3 is 3.00 bits per heavy atom. The SMILES string of the molecule is CC(=O)SC1CC(=O)N(CCc2cccc(C)n2)C1. The van der Waals surface area contributed by atoms with Gasteiger partial charge < -0.3 is 4.90 Å². The maximum Gasteiger partial charge on any atom is 0.223 e. The number of hydrogen-bond acceptors (Lipinski definition) is 4. The van der Waals surface area contributed by atoms with Crippen LogP contribution < -0.4 is 0 Å². The summed E-state index contributed by atoms with van der Waals surface area (Å²) in [6.45, 7) is 4.87. The van der Waals surface area contributed by atoms with Gasteiger partial charge in [0.05, 0.1) is 0 Å². The minimum atomic E-state index is 0.0833. The second-order valence-corrected chi connectivity index (χ2v) is 6.27. The van der Waals surface area contributed by atoms with Gasteiger partial charge in [-0.25, -0.2) is 0 Å². The number of carbonyl (C=O) groups is 2. The topological polar surface area (TPSA) is 50.3 Å². The highest BCUT2D eigenvalue weighted by Crippen LogP contribution is 2.24. The molecule has 1 atom stereocenters. The lowest BCUT2D eigenvalue weighted by Crippen LogP contribution is -2.28. The van der Waals surface area contributed by atoms with Crippen LogP contribution >= 0.6 is 11.8 Å². The quantitative estimate of drug-likeness (QED) is 0.843. The minimum absolute atomic E-state index is 0.0833. The van der Waals surface area contributed by atoms with Gasteiger partial charge in [-0.3, -0.25) is 14.6 Å². The third kappa shape index (κ3) is 4.06. The lowest BCUT2D eigenvalue weighted by molar-refractivity contribution is -0.127. The van der Waals surface area contributed by atoms with Crippen LogP contribution in [0.3, 0.4) is 0 Å². The van der Waals surface area contributed by atoms with Crippen LogP contribution in [0.2, 0.25) is 0 Å². The van der Waals surface area contributed by atoms with Crippen LogP contribution in [0.25, 0.3) is 0 Å². The zero-order chi connectivity index (χ0) is 13.8. The van der Waals surface area contributed by atoms with Gasteiger partial charge in [-0.05, 0) is 19.1 Å². The van der Waals surface area contributed by atoms with Gasteiger partial charge in [-0.15, -0.1) is 0 Å². The van der Waals surface area contributed by atoms with Gasteiger partial charge in [0.15, 0.2) is 5.12 Å². The zero-order valence-corrected chi connectivity index (χ0v) is 12.1. The Bertz CT molecular complexity index is 490. The second-order valence-electron chi connectivity index (χ2n) is 4.80. The molecule has 0 aliphatic carbocycles. The van der Waals surface area contributed by atoms with E-state index in [1.165, 1.54) is 11.8 Å². The molecule has 2 rings (SSSR count). The lowest BCUT2D eigenvalue weighted by Gasteiger charge is -2.15. The van der Waals surface area contributed by atoms with Crippen molar-refractivity contribution >= 4 is 22.8 Å². The Labute approximate surface area is 117 Å². The molecule has 1 saturated heterocycles. The molecule has 0 bridgehead atoms. The zero-order valence-electron chi connectivity index (χ0n) is 11.3. The number of nitrogens with zero attached hydrogens (tertiary/aromatic N) is 2. The smallest absolute Gasteiger partial charge is 0.223 e. The number of pyridine rings is 1. The first kappa shape index (κ1) is 14.1. The number of likely N-dealkylation sites (tertiary alicyclic amines) is 1. The van der Waals surface area contributed by atoms with E-state index in [0.717, 1.165) is 17.8 Å². The fourth-order valence-corrected chi connectivity index (χ4v) is 3.20. The van der Waals surface area contributed by atoms with E-state index in [1.54, 1.807) is 6.92 Å². The van der Waals surface area contributed by atoms with Crippen LogP contribution in [0.4, 0.5) is 0 Å². The van der Waals surface area contributed by atoms with Gasteiger partial charge in [0.2, 0.25) is 5.91 Å². The molecule has 19 heavy (non-hydrogen) atoms. The summed E-state index contributed by atoms with van der Waals surface area (Å²) >= 11 is 1.28. The van der Waals surface area contributed by atoms with E-state index in [9.17, 15) is 9.59 Å². The minimum Gasteiger partial charge on any atom is -0.341 e. The molecule has 0 spiro atoms. The summed E-state index contributed by atoms with van der Waals surface area (Å²) in [5.74, 6) is 0.145. The number of rotatable bonds is 4. The molecule has 0 saturated carbocycles. The van der Waals surface area contributed by atoms with Crippen LogP contribution in [-0.4, -0.2) is 39.2 Å². The maximum absolute atomic E-state index is 11.8. The fraction of sp³-hybridized carbons (Fsp3) is 0.500. The number of thioether (sulfide) groups is 1. The van der Waals surface area contributed by atoms with Crippen LogP contribution in [0, 0.1) is 6.92 Å². The largest absolute Gasteiger partial charge is 0.341 e. The third-order valence-corrected chi connectivity index (χ3v) is 4.08. The van der Waals surface area contributed by atoms with Crippen molar-refractivity contribution in [2.24, 2.45) is 0 Å². The van der Waals surface area contributed by atoms with Crippen molar-refractivity contribution in [1.82, 2.24) is 9.88 Å². The molecule has 1 aromatic rings. The van der Waals surface area contributed by atoms with Gasteiger partial charge in [-0.1, -0.05) is 17.8 Å². The molecule has 102 valence electrons. The van der Waals surface area contributed by atoms with Gasteiger partial charge in [0.1, 0.15) is 0 Å².